The second-order valence-electron chi connectivity index (χ2n) is 24.5. The van der Waals surface area contributed by atoms with Crippen molar-refractivity contribution >= 4 is 0 Å². The fourth-order valence-corrected chi connectivity index (χ4v) is 16.2. The third-order valence-corrected chi connectivity index (χ3v) is 20.4. The summed E-state index contributed by atoms with van der Waals surface area (Å²) < 4.78 is 61.1. The van der Waals surface area contributed by atoms with Gasteiger partial charge in [0.25, 0.3) is 0 Å². The van der Waals surface area contributed by atoms with Gasteiger partial charge in [-0.3, -0.25) is 0 Å². The molecule has 24 heteroatoms. The van der Waals surface area contributed by atoms with Crippen molar-refractivity contribution in [3.63, 3.8) is 0 Å². The lowest BCUT2D eigenvalue weighted by Crippen LogP contribution is -2.68. The Bertz CT molecular complexity index is 1910. The predicted molar refractivity (Wildman–Crippen MR) is 250 cm³/mol. The lowest BCUT2D eigenvalue weighted by Gasteiger charge is -2.62. The van der Waals surface area contributed by atoms with E-state index in [1.807, 2.05) is 0 Å². The number of aliphatic hydroxyl groups excluding tert-OH is 14. The molecule has 10 aliphatic rings. The van der Waals surface area contributed by atoms with Crippen molar-refractivity contribution < 1.29 is 119 Å². The summed E-state index contributed by atoms with van der Waals surface area (Å²) in [5.74, 6) is 2.17. The molecule has 24 nitrogen and oxygen atoms in total. The Kier molecular flexibility index (Phi) is 16.9. The van der Waals surface area contributed by atoms with Crippen molar-refractivity contribution in [2.75, 3.05) is 33.0 Å². The van der Waals surface area contributed by atoms with E-state index in [-0.39, 0.29) is 22.9 Å². The molecular weight excluding hydrogens is 997 g/mol. The second kappa shape index (κ2) is 22.1. The predicted octanol–water partition coefficient (Wildman–Crippen LogP) is -3.94. The minimum Gasteiger partial charge on any atom is -0.394 e. The van der Waals surface area contributed by atoms with Crippen LogP contribution in [0.25, 0.3) is 0 Å². The fourth-order valence-electron chi connectivity index (χ4n) is 16.2. The number of ether oxygens (including phenoxy) is 10. The maximum absolute atomic E-state index is 12.1. The van der Waals surface area contributed by atoms with Crippen molar-refractivity contribution in [3.8, 4) is 0 Å². The maximum Gasteiger partial charge on any atom is 0.187 e. The van der Waals surface area contributed by atoms with Gasteiger partial charge in [0.2, 0.25) is 0 Å². The molecule has 0 aromatic carbocycles. The van der Waals surface area contributed by atoms with E-state index >= 15 is 0 Å². The summed E-state index contributed by atoms with van der Waals surface area (Å²) in [6, 6.07) is 0. The molecule has 6 aliphatic heterocycles. The first-order chi connectivity index (χ1) is 35.6. The van der Waals surface area contributed by atoms with Crippen LogP contribution in [-0.4, -0.2) is 251 Å². The van der Waals surface area contributed by atoms with Gasteiger partial charge in [-0.25, -0.2) is 0 Å². The van der Waals surface area contributed by atoms with Gasteiger partial charge in [-0.15, -0.1) is 0 Å². The average Bonchev–Trinajstić information content (AvgIpc) is 3.84. The topological polar surface area (TPSA) is 376 Å². The number of fused-ring (bicyclic) bond motifs is 7. The lowest BCUT2D eigenvalue weighted by atomic mass is 9.44. The van der Waals surface area contributed by atoms with Gasteiger partial charge in [0.15, 0.2) is 30.9 Å². The van der Waals surface area contributed by atoms with Crippen LogP contribution in [0.2, 0.25) is 0 Å². The first kappa shape index (κ1) is 57.3. The molecule has 432 valence electrons. The van der Waals surface area contributed by atoms with Crippen LogP contribution in [0, 0.1) is 52.3 Å². The Morgan fingerprint density at radius 1 is 0.493 bits per heavy atom. The van der Waals surface area contributed by atoms with E-state index in [0.717, 1.165) is 51.6 Å². The van der Waals surface area contributed by atoms with Gasteiger partial charge >= 0.3 is 0 Å². The highest BCUT2D eigenvalue weighted by atomic mass is 16.8. The van der Waals surface area contributed by atoms with Gasteiger partial charge in [-0.05, 0) is 97.7 Å². The van der Waals surface area contributed by atoms with Crippen LogP contribution in [0.3, 0.4) is 0 Å². The molecule has 4 saturated carbocycles. The molecule has 75 heavy (non-hydrogen) atoms. The molecule has 14 N–H and O–H groups in total. The van der Waals surface area contributed by atoms with Crippen LogP contribution < -0.4 is 0 Å². The van der Waals surface area contributed by atoms with E-state index in [1.165, 1.54) is 0 Å². The SMILES string of the molecule is C[C@@H]1CC[C@@]2(OC1)O[C@H]1C[C@H]3[C@@H]4CC[C@H]5C[C@@H](O[C@@H]6O[C@H](CO)[C@@H](O)[C@H](O[C@@H]7O[C@H](CO)[C@H](O[C@@H]8O[C@H](CO)[C@@H](O)[C@H](O)[C@H]8O)[C@H](O)[C@H]7O[C@@H]7O[C@H](CO)[C@@H](O)[C@H](O)[C@H]7O)[C@H]6O)[C@H](O)C[C@]5(C)[C@H]4CC[C@]3(C)[C@H]1[C@@H]2C. The highest BCUT2D eigenvalue weighted by molar-refractivity contribution is 5.16. The zero-order chi connectivity index (χ0) is 53.8. The second-order valence-corrected chi connectivity index (χ2v) is 24.5. The van der Waals surface area contributed by atoms with Crippen LogP contribution in [0.4, 0.5) is 0 Å². The molecule has 10 rings (SSSR count). The molecule has 0 amide bonds. The van der Waals surface area contributed by atoms with Gasteiger partial charge < -0.3 is 119 Å². The Morgan fingerprint density at radius 2 is 1.05 bits per heavy atom. The van der Waals surface area contributed by atoms with Gasteiger partial charge in [0.1, 0.15) is 97.7 Å². The largest absolute Gasteiger partial charge is 0.394 e. The van der Waals surface area contributed by atoms with Gasteiger partial charge in [-0.2, -0.15) is 0 Å². The van der Waals surface area contributed by atoms with Crippen molar-refractivity contribution in [2.24, 2.45) is 52.3 Å². The van der Waals surface area contributed by atoms with Gasteiger partial charge in [-0.1, -0.05) is 27.7 Å². The third kappa shape index (κ3) is 9.79. The van der Waals surface area contributed by atoms with Crippen LogP contribution in [-0.2, 0) is 47.4 Å². The molecule has 1 spiro atoms. The minimum atomic E-state index is -2.09. The number of hydrogen-bond donors (Lipinski definition) is 14. The Balaban J connectivity index is 0.845. The van der Waals surface area contributed by atoms with E-state index < -0.39 is 167 Å². The molecule has 10 fully saturated rings. The average molecular weight is 1080 g/mol. The molecule has 6 heterocycles. The van der Waals surface area contributed by atoms with E-state index in [2.05, 4.69) is 27.7 Å². The van der Waals surface area contributed by atoms with Crippen LogP contribution in [0.1, 0.15) is 85.5 Å². The van der Waals surface area contributed by atoms with E-state index in [9.17, 15) is 71.5 Å². The monoisotopic (exact) mass is 1080 g/mol. The maximum atomic E-state index is 12.1. The highest BCUT2D eigenvalue weighted by Gasteiger charge is 2.70. The van der Waals surface area contributed by atoms with Crippen molar-refractivity contribution in [1.29, 1.82) is 0 Å². The normalized spacial score (nSPS) is 58.0. The summed E-state index contributed by atoms with van der Waals surface area (Å²) in [5, 5.41) is 152. The van der Waals surface area contributed by atoms with Crippen LogP contribution in [0.5, 0.6) is 0 Å². The zero-order valence-corrected chi connectivity index (χ0v) is 43.1. The third-order valence-electron chi connectivity index (χ3n) is 20.4. The number of aliphatic hydroxyl groups is 14. The molecule has 33 atom stereocenters. The van der Waals surface area contributed by atoms with Crippen molar-refractivity contribution in [1.82, 2.24) is 0 Å². The quantitative estimate of drug-likeness (QED) is 0.0830. The molecule has 6 saturated heterocycles. The highest BCUT2D eigenvalue weighted by Crippen LogP contribution is 2.71. The zero-order valence-electron chi connectivity index (χ0n) is 43.1. The standard InChI is InChI=1S/C51H84O24/c1-19-7-10-51(66-18-19)20(2)32-27(75-51)12-24-22-6-5-21-11-26(25(56)13-50(21,4)23(22)8-9-49(24,32)3)67-47-41(65)43(35(59)30(16-54)70-47)73-48-44(74-46-39(63)37(61)34(58)29(15-53)69-46)40(64)42(31(17-55)71-48)72-45-38(62)36(60)33(57)28(14-52)68-45/h19-48,52-65H,5-18H2,1-4H3/t19-,20+,21+,22-,23+,24+,25-,26-,27+,28-,29-,30-,31-,32+,33-,34-,35-,36+,37+,38-,39-,40+,41-,42+,43+,44-,45+,46+,47-,48+,49+,50+,51-/m1/s1. The Hall–Kier alpha value is -0.960. The molecule has 0 aromatic rings. The fraction of sp³-hybridized carbons (Fsp3) is 1.00. The van der Waals surface area contributed by atoms with Crippen LogP contribution >= 0.6 is 0 Å². The van der Waals surface area contributed by atoms with Crippen molar-refractivity contribution in [2.45, 2.75) is 232 Å². The van der Waals surface area contributed by atoms with E-state index in [0.29, 0.717) is 48.3 Å². The molecular formula is C51H84O24. The summed E-state index contributed by atoms with van der Waals surface area (Å²) in [7, 11) is 0. The summed E-state index contributed by atoms with van der Waals surface area (Å²) in [6.45, 7) is 6.61. The van der Waals surface area contributed by atoms with Crippen molar-refractivity contribution in [3.05, 3.63) is 0 Å². The van der Waals surface area contributed by atoms with Crippen LogP contribution in [0.15, 0.2) is 0 Å². The molecule has 0 bridgehead atoms. The summed E-state index contributed by atoms with van der Waals surface area (Å²) in [6.07, 6.45) is -30.2. The first-order valence-corrected chi connectivity index (χ1v) is 27.4. The summed E-state index contributed by atoms with van der Waals surface area (Å²) >= 11 is 0. The van der Waals surface area contributed by atoms with E-state index in [4.69, 9.17) is 47.4 Å². The smallest absolute Gasteiger partial charge is 0.187 e. The van der Waals surface area contributed by atoms with E-state index in [1.54, 1.807) is 0 Å². The number of hydrogen-bond acceptors (Lipinski definition) is 24. The summed E-state index contributed by atoms with van der Waals surface area (Å²) in [5.41, 5.74) is -0.110. The molecule has 0 unspecified atom stereocenters. The minimum absolute atomic E-state index is 0.111. The van der Waals surface area contributed by atoms with Gasteiger partial charge in [0, 0.05) is 12.3 Å². The Morgan fingerprint density at radius 3 is 1.64 bits per heavy atom. The lowest BCUT2D eigenvalue weighted by molar-refractivity contribution is -0.404. The Labute approximate surface area is 435 Å². The molecule has 0 aromatic heterocycles. The summed E-state index contributed by atoms with van der Waals surface area (Å²) in [4.78, 5) is 0. The number of rotatable bonds is 12. The molecule has 4 aliphatic carbocycles. The molecule has 0 radical (unpaired) electrons. The first-order valence-electron chi connectivity index (χ1n) is 27.4. The van der Waals surface area contributed by atoms with Gasteiger partial charge in [0.05, 0.1) is 51.3 Å².